The van der Waals surface area contributed by atoms with Crippen molar-refractivity contribution >= 4 is 29.8 Å². The standard InChI is InChI=1S/C9H22O3Si.C4H12Si.2CHNO/c1-4-7-10-13(11-8-5-2)12-9-6-3;1-5(2,3)4;2*2-1-3/h13H,4-9H2,1-3H3;1-4H3;2*2H. The van der Waals surface area contributed by atoms with E-state index in [-0.39, 0.29) is 0 Å². The number of hydrogen-bond donors (Lipinski definition) is 2. The predicted octanol–water partition coefficient (Wildman–Crippen LogP) is 3.74. The Balaban J connectivity index is -0.000000149. The van der Waals surface area contributed by atoms with Gasteiger partial charge in [-0.05, 0) is 19.3 Å². The second-order valence-electron chi connectivity index (χ2n) is 6.11. The molecule has 144 valence electrons. The van der Waals surface area contributed by atoms with Crippen LogP contribution in [0.15, 0.2) is 0 Å². The van der Waals surface area contributed by atoms with Gasteiger partial charge in [0.2, 0.25) is 12.2 Å². The molecule has 0 rings (SSSR count). The molecule has 0 saturated heterocycles. The lowest BCUT2D eigenvalue weighted by Crippen LogP contribution is -2.28. The molecule has 7 nitrogen and oxygen atoms in total. The fraction of sp³-hybridized carbons (Fsp3) is 0.867. The Kier molecular flexibility index (Phi) is 34.7. The third-order valence-corrected chi connectivity index (χ3v) is 2.90. The van der Waals surface area contributed by atoms with Crippen molar-refractivity contribution in [2.24, 2.45) is 0 Å². The highest BCUT2D eigenvalue weighted by molar-refractivity contribution is 6.74. The first-order chi connectivity index (χ1) is 11.2. The SMILES string of the molecule is CCCO[SiH](OCCC)OCCC.C[Si](C)(C)C.N=C=O.N=C=O. The molecule has 0 aliphatic heterocycles. The summed E-state index contributed by atoms with van der Waals surface area (Å²) in [6, 6.07) is 0. The van der Waals surface area contributed by atoms with Gasteiger partial charge >= 0.3 is 9.53 Å². The van der Waals surface area contributed by atoms with Gasteiger partial charge in [-0.15, -0.1) is 0 Å². The Hall–Kier alpha value is -0.926. The maximum atomic E-state index is 8.35. The third kappa shape index (κ3) is 69.2. The molecule has 0 fully saturated rings. The predicted molar refractivity (Wildman–Crippen MR) is 102 cm³/mol. The van der Waals surface area contributed by atoms with E-state index in [1.54, 1.807) is 0 Å². The molecule has 0 amide bonds. The van der Waals surface area contributed by atoms with Gasteiger partial charge in [0.05, 0.1) is 0 Å². The lowest BCUT2D eigenvalue weighted by atomic mass is 10.5. The van der Waals surface area contributed by atoms with Crippen molar-refractivity contribution in [1.82, 2.24) is 0 Å². The van der Waals surface area contributed by atoms with Gasteiger partial charge in [0.25, 0.3) is 0 Å². The molecule has 0 aliphatic rings. The van der Waals surface area contributed by atoms with Gasteiger partial charge in [-0.2, -0.15) is 0 Å². The van der Waals surface area contributed by atoms with Gasteiger partial charge in [0, 0.05) is 27.9 Å². The summed E-state index contributed by atoms with van der Waals surface area (Å²) in [5, 5.41) is 10.8. The summed E-state index contributed by atoms with van der Waals surface area (Å²) in [6.45, 7) is 17.8. The molecule has 0 unspecified atom stereocenters. The van der Waals surface area contributed by atoms with Gasteiger partial charge in [0.1, 0.15) is 0 Å². The van der Waals surface area contributed by atoms with Crippen molar-refractivity contribution in [3.05, 3.63) is 0 Å². The molecule has 0 spiro atoms. The molecule has 0 bridgehead atoms. The van der Waals surface area contributed by atoms with E-state index in [2.05, 4.69) is 47.0 Å². The molecule has 0 aliphatic carbocycles. The van der Waals surface area contributed by atoms with Crippen LogP contribution in [0, 0.1) is 10.8 Å². The minimum Gasteiger partial charge on any atom is -0.376 e. The molecular weight excluding hydrogens is 344 g/mol. The van der Waals surface area contributed by atoms with Crippen molar-refractivity contribution in [3.8, 4) is 0 Å². The Morgan fingerprint density at radius 1 is 0.750 bits per heavy atom. The van der Waals surface area contributed by atoms with Crippen LogP contribution in [0.5, 0.6) is 0 Å². The summed E-state index contributed by atoms with van der Waals surface area (Å²) in [5.41, 5.74) is 0. The van der Waals surface area contributed by atoms with E-state index in [4.69, 9.17) is 33.7 Å². The number of carbonyl (C=O) groups excluding carboxylic acids is 2. The van der Waals surface area contributed by atoms with E-state index < -0.39 is 17.6 Å². The molecule has 0 saturated carbocycles. The van der Waals surface area contributed by atoms with Gasteiger partial charge in [-0.1, -0.05) is 47.0 Å². The molecule has 9 heteroatoms. The smallest absolute Gasteiger partial charge is 0.376 e. The van der Waals surface area contributed by atoms with Crippen molar-refractivity contribution in [2.45, 2.75) is 66.2 Å². The average molecular weight is 381 g/mol. The third-order valence-electron chi connectivity index (χ3n) is 1.37. The lowest BCUT2D eigenvalue weighted by molar-refractivity contribution is 0.0933. The minimum atomic E-state index is -1.79. The molecule has 0 atom stereocenters. The van der Waals surface area contributed by atoms with Crippen LogP contribution in [0.2, 0.25) is 26.2 Å². The Morgan fingerprint density at radius 3 is 1.04 bits per heavy atom. The number of isocyanates is 2. The molecule has 0 heterocycles. The van der Waals surface area contributed by atoms with E-state index in [9.17, 15) is 0 Å². The highest BCUT2D eigenvalue weighted by Crippen LogP contribution is 1.96. The second kappa shape index (κ2) is 26.9. The van der Waals surface area contributed by atoms with E-state index in [1.807, 2.05) is 0 Å². The van der Waals surface area contributed by atoms with Crippen molar-refractivity contribution in [3.63, 3.8) is 0 Å². The molecule has 24 heavy (non-hydrogen) atoms. The summed E-state index contributed by atoms with van der Waals surface area (Å²) >= 11 is 0. The maximum Gasteiger partial charge on any atom is 0.484 e. The second-order valence-corrected chi connectivity index (χ2v) is 13.7. The van der Waals surface area contributed by atoms with Gasteiger partial charge < -0.3 is 13.3 Å². The molecule has 2 N–H and O–H groups in total. The van der Waals surface area contributed by atoms with E-state index in [0.29, 0.717) is 0 Å². The highest BCUT2D eigenvalue weighted by Gasteiger charge is 2.13. The zero-order valence-corrected chi connectivity index (χ0v) is 18.5. The zero-order chi connectivity index (χ0) is 19.9. The maximum absolute atomic E-state index is 8.35. The molecular formula is C15H36N2O5Si2. The van der Waals surface area contributed by atoms with Crippen LogP contribution in [0.1, 0.15) is 40.0 Å². The average Bonchev–Trinajstić information content (AvgIpc) is 2.46. The van der Waals surface area contributed by atoms with Gasteiger partial charge in [-0.3, -0.25) is 0 Å². The fourth-order valence-electron chi connectivity index (χ4n) is 0.787. The Labute approximate surface area is 150 Å². The summed E-state index contributed by atoms with van der Waals surface area (Å²) in [7, 11) is -2.40. The first-order valence-electron chi connectivity index (χ1n) is 8.10. The van der Waals surface area contributed by atoms with Crippen LogP contribution < -0.4 is 0 Å². The summed E-state index contributed by atoms with van der Waals surface area (Å²) in [4.78, 5) is 16.7. The van der Waals surface area contributed by atoms with Crippen molar-refractivity contribution < 1.29 is 22.9 Å². The topological polar surface area (TPSA) is 110 Å². The fourth-order valence-corrected chi connectivity index (χ4v) is 2.36. The van der Waals surface area contributed by atoms with Crippen LogP contribution in [0.3, 0.4) is 0 Å². The minimum absolute atomic E-state index is 0.611. The lowest BCUT2D eigenvalue weighted by Gasteiger charge is -2.15. The van der Waals surface area contributed by atoms with Crippen LogP contribution in [0.4, 0.5) is 0 Å². The normalized spacial score (nSPS) is 9.17. The number of rotatable bonds is 9. The first kappa shape index (κ1) is 30.9. The van der Waals surface area contributed by atoms with Crippen molar-refractivity contribution in [1.29, 1.82) is 10.8 Å². The Bertz CT molecular complexity index is 264. The van der Waals surface area contributed by atoms with Gasteiger partial charge in [-0.25, -0.2) is 20.4 Å². The molecule has 0 aromatic carbocycles. The van der Waals surface area contributed by atoms with E-state index in [0.717, 1.165) is 51.2 Å². The highest BCUT2D eigenvalue weighted by atomic mass is 28.3. The first-order valence-corrected chi connectivity index (χ1v) is 13.5. The zero-order valence-electron chi connectivity index (χ0n) is 16.4. The monoisotopic (exact) mass is 380 g/mol. The molecule has 0 radical (unpaired) electrons. The van der Waals surface area contributed by atoms with E-state index in [1.165, 1.54) is 0 Å². The summed E-state index contributed by atoms with van der Waals surface area (Å²) in [5.74, 6) is 0. The quantitative estimate of drug-likeness (QED) is 0.360. The van der Waals surface area contributed by atoms with Crippen LogP contribution in [-0.2, 0) is 22.9 Å². The largest absolute Gasteiger partial charge is 0.484 e. The van der Waals surface area contributed by atoms with Crippen LogP contribution in [-0.4, -0.2) is 49.6 Å². The van der Waals surface area contributed by atoms with Crippen LogP contribution in [0.25, 0.3) is 0 Å². The molecule has 0 aromatic heterocycles. The van der Waals surface area contributed by atoms with Crippen molar-refractivity contribution in [2.75, 3.05) is 19.8 Å². The number of nitrogens with one attached hydrogen (secondary N) is 2. The van der Waals surface area contributed by atoms with Gasteiger partial charge in [0.15, 0.2) is 0 Å². The van der Waals surface area contributed by atoms with E-state index >= 15 is 0 Å². The summed E-state index contributed by atoms with van der Waals surface area (Å²) < 4.78 is 16.5. The Morgan fingerprint density at radius 2 is 0.917 bits per heavy atom. The number of hydrogen-bond acceptors (Lipinski definition) is 7. The van der Waals surface area contributed by atoms with Crippen LogP contribution >= 0.6 is 0 Å². The molecule has 0 aromatic rings. The summed E-state index contributed by atoms with van der Waals surface area (Å²) in [6.07, 6.45) is 4.57.